The number of fused-ring (bicyclic) bond motifs is 1. The fraction of sp³-hybridized carbons (Fsp3) is 0.148. The molecule has 1 aromatic heterocycles. The van der Waals surface area contributed by atoms with Crippen molar-refractivity contribution in [1.82, 2.24) is 10.4 Å². The highest BCUT2D eigenvalue weighted by Crippen LogP contribution is 2.26. The molecule has 0 saturated heterocycles. The lowest BCUT2D eigenvalue weighted by atomic mass is 10.0. The molecule has 0 radical (unpaired) electrons. The molecule has 3 aromatic carbocycles. The van der Waals surface area contributed by atoms with E-state index in [1.807, 2.05) is 36.4 Å². The number of sulfonamides is 1. The summed E-state index contributed by atoms with van der Waals surface area (Å²) in [6, 6.07) is 22.2. The van der Waals surface area contributed by atoms with Crippen LogP contribution >= 0.6 is 0 Å². The number of nitrogens with zero attached hydrogens (tertiary/aromatic N) is 2. The van der Waals surface area contributed by atoms with Gasteiger partial charge in [0.05, 0.1) is 28.7 Å². The summed E-state index contributed by atoms with van der Waals surface area (Å²) in [6.07, 6.45) is 1.09. The lowest BCUT2D eigenvalue weighted by Crippen LogP contribution is -2.20. The van der Waals surface area contributed by atoms with Crippen LogP contribution in [0.4, 0.5) is 5.69 Å². The molecular formula is C27H26N4O3S. The molecular weight excluding hydrogens is 460 g/mol. The number of aryl methyl sites for hydroxylation is 2. The van der Waals surface area contributed by atoms with Crippen molar-refractivity contribution in [3.8, 4) is 11.3 Å². The van der Waals surface area contributed by atoms with E-state index in [2.05, 4.69) is 35.2 Å². The number of aromatic nitrogens is 1. The van der Waals surface area contributed by atoms with Gasteiger partial charge in [-0.15, -0.1) is 0 Å². The first-order valence-corrected chi connectivity index (χ1v) is 12.9. The molecule has 0 aliphatic rings. The van der Waals surface area contributed by atoms with Gasteiger partial charge in [0.15, 0.2) is 0 Å². The summed E-state index contributed by atoms with van der Waals surface area (Å²) in [7, 11) is -3.35. The van der Waals surface area contributed by atoms with E-state index < -0.39 is 10.0 Å². The van der Waals surface area contributed by atoms with Crippen LogP contribution in [0, 0.1) is 13.8 Å². The van der Waals surface area contributed by atoms with Crippen molar-refractivity contribution in [3.63, 3.8) is 0 Å². The summed E-state index contributed by atoms with van der Waals surface area (Å²) in [6.45, 7) is 5.88. The minimum atomic E-state index is -3.35. The number of para-hydroxylation sites is 1. The summed E-state index contributed by atoms with van der Waals surface area (Å²) < 4.78 is 25.2. The molecule has 0 unspecified atom stereocenters. The Kier molecular flexibility index (Phi) is 6.66. The predicted molar refractivity (Wildman–Crippen MR) is 141 cm³/mol. The SMILES string of the molecule is CC(=NNC(=O)c1cc(-c2ccc(C)c(C)c2)nc2ccccc12)c1ccc(NS(C)(=O)=O)cc1. The molecule has 2 N–H and O–H groups in total. The Morgan fingerprint density at radius 2 is 1.63 bits per heavy atom. The zero-order valence-electron chi connectivity index (χ0n) is 20.0. The highest BCUT2D eigenvalue weighted by atomic mass is 32.2. The highest BCUT2D eigenvalue weighted by Gasteiger charge is 2.14. The maximum Gasteiger partial charge on any atom is 0.272 e. The van der Waals surface area contributed by atoms with Crippen LogP contribution in [0.2, 0.25) is 0 Å². The van der Waals surface area contributed by atoms with E-state index >= 15 is 0 Å². The molecule has 7 nitrogen and oxygen atoms in total. The van der Waals surface area contributed by atoms with Gasteiger partial charge in [-0.25, -0.2) is 18.8 Å². The third kappa shape index (κ3) is 5.73. The molecule has 4 rings (SSSR count). The summed E-state index contributed by atoms with van der Waals surface area (Å²) >= 11 is 0. The number of hydrogen-bond donors (Lipinski definition) is 2. The van der Waals surface area contributed by atoms with Crippen molar-refractivity contribution in [2.45, 2.75) is 20.8 Å². The number of rotatable bonds is 6. The fourth-order valence-electron chi connectivity index (χ4n) is 3.66. The first-order valence-electron chi connectivity index (χ1n) is 11.0. The lowest BCUT2D eigenvalue weighted by Gasteiger charge is -2.11. The van der Waals surface area contributed by atoms with Crippen LogP contribution in [0.15, 0.2) is 77.9 Å². The van der Waals surface area contributed by atoms with Gasteiger partial charge in [0.2, 0.25) is 10.0 Å². The van der Waals surface area contributed by atoms with E-state index in [0.717, 1.165) is 33.8 Å². The second-order valence-electron chi connectivity index (χ2n) is 8.46. The first-order chi connectivity index (χ1) is 16.6. The standard InChI is InChI=1S/C27H26N4O3S/c1-17-9-10-21(15-18(17)2)26-16-24(23-7-5-6-8-25(23)28-26)27(32)30-29-19(3)20-11-13-22(14-12-20)31-35(4,33)34/h5-16,31H,1-4H3,(H,30,32). The zero-order chi connectivity index (χ0) is 25.2. The van der Waals surface area contributed by atoms with Crippen LogP contribution < -0.4 is 10.1 Å². The van der Waals surface area contributed by atoms with Gasteiger partial charge in [0.1, 0.15) is 0 Å². The minimum absolute atomic E-state index is 0.344. The Labute approximate surface area is 205 Å². The molecule has 0 aliphatic carbocycles. The largest absolute Gasteiger partial charge is 0.284 e. The Morgan fingerprint density at radius 3 is 2.31 bits per heavy atom. The van der Waals surface area contributed by atoms with Gasteiger partial charge in [0, 0.05) is 16.6 Å². The Hall–Kier alpha value is -4.04. The van der Waals surface area contributed by atoms with E-state index in [9.17, 15) is 13.2 Å². The van der Waals surface area contributed by atoms with Crippen LogP contribution in [0.5, 0.6) is 0 Å². The summed E-state index contributed by atoms with van der Waals surface area (Å²) in [4.78, 5) is 18.0. The third-order valence-corrected chi connectivity index (χ3v) is 6.30. The zero-order valence-corrected chi connectivity index (χ0v) is 20.8. The molecule has 0 saturated carbocycles. The maximum atomic E-state index is 13.2. The second-order valence-corrected chi connectivity index (χ2v) is 10.2. The normalized spacial score (nSPS) is 11.9. The van der Waals surface area contributed by atoms with Gasteiger partial charge in [-0.2, -0.15) is 5.10 Å². The van der Waals surface area contributed by atoms with Crippen molar-refractivity contribution < 1.29 is 13.2 Å². The molecule has 1 heterocycles. The lowest BCUT2D eigenvalue weighted by molar-refractivity contribution is 0.0956. The number of amides is 1. The molecule has 8 heteroatoms. The monoisotopic (exact) mass is 486 g/mol. The van der Waals surface area contributed by atoms with E-state index in [1.165, 1.54) is 5.56 Å². The number of anilines is 1. The average molecular weight is 487 g/mol. The van der Waals surface area contributed by atoms with Crippen molar-refractivity contribution in [3.05, 3.63) is 95.1 Å². The molecule has 1 amide bonds. The van der Waals surface area contributed by atoms with E-state index in [4.69, 9.17) is 4.98 Å². The average Bonchev–Trinajstić information content (AvgIpc) is 2.82. The fourth-order valence-corrected chi connectivity index (χ4v) is 4.23. The van der Waals surface area contributed by atoms with Crippen LogP contribution in [0.1, 0.15) is 34.0 Å². The number of nitrogens with one attached hydrogen (secondary N) is 2. The van der Waals surface area contributed by atoms with Gasteiger partial charge >= 0.3 is 0 Å². The molecule has 4 aromatic rings. The second kappa shape index (κ2) is 9.68. The van der Waals surface area contributed by atoms with E-state index in [1.54, 1.807) is 37.3 Å². The van der Waals surface area contributed by atoms with Crippen molar-refractivity contribution >= 4 is 38.2 Å². The van der Waals surface area contributed by atoms with Gasteiger partial charge in [-0.05, 0) is 67.8 Å². The highest BCUT2D eigenvalue weighted by molar-refractivity contribution is 7.92. The molecule has 0 aliphatic heterocycles. The van der Waals surface area contributed by atoms with Crippen molar-refractivity contribution in [1.29, 1.82) is 0 Å². The Balaban J connectivity index is 1.63. The van der Waals surface area contributed by atoms with Crippen LogP contribution in [-0.4, -0.2) is 31.3 Å². The number of carbonyl (C=O) groups is 1. The topological polar surface area (TPSA) is 101 Å². The summed E-state index contributed by atoms with van der Waals surface area (Å²) in [5.74, 6) is -0.344. The van der Waals surface area contributed by atoms with Crippen molar-refractivity contribution in [2.75, 3.05) is 11.0 Å². The molecule has 0 spiro atoms. The number of hydrogen-bond acceptors (Lipinski definition) is 5. The number of benzene rings is 3. The molecule has 0 atom stereocenters. The van der Waals surface area contributed by atoms with Crippen LogP contribution in [-0.2, 0) is 10.0 Å². The predicted octanol–water partition coefficient (Wildman–Crippen LogP) is 5.04. The third-order valence-electron chi connectivity index (χ3n) is 5.69. The summed E-state index contributed by atoms with van der Waals surface area (Å²) in [5.41, 5.74) is 9.64. The maximum absolute atomic E-state index is 13.2. The van der Waals surface area contributed by atoms with Crippen LogP contribution in [0.3, 0.4) is 0 Å². The molecule has 178 valence electrons. The van der Waals surface area contributed by atoms with Gasteiger partial charge < -0.3 is 0 Å². The number of carbonyl (C=O) groups excluding carboxylic acids is 1. The van der Waals surface area contributed by atoms with E-state index in [0.29, 0.717) is 22.7 Å². The van der Waals surface area contributed by atoms with Crippen LogP contribution in [0.25, 0.3) is 22.2 Å². The smallest absolute Gasteiger partial charge is 0.272 e. The number of hydrazone groups is 1. The van der Waals surface area contributed by atoms with Crippen molar-refractivity contribution in [2.24, 2.45) is 5.10 Å². The quantitative estimate of drug-likeness (QED) is 0.294. The van der Waals surface area contributed by atoms with E-state index in [-0.39, 0.29) is 5.91 Å². The van der Waals surface area contributed by atoms with Gasteiger partial charge in [-0.3, -0.25) is 9.52 Å². The number of pyridine rings is 1. The first kappa shape index (κ1) is 24.1. The molecule has 0 bridgehead atoms. The molecule has 0 fully saturated rings. The minimum Gasteiger partial charge on any atom is -0.284 e. The van der Waals surface area contributed by atoms with Gasteiger partial charge in [-0.1, -0.05) is 42.5 Å². The van der Waals surface area contributed by atoms with Gasteiger partial charge in [0.25, 0.3) is 5.91 Å². The Morgan fingerprint density at radius 1 is 0.914 bits per heavy atom. The Bertz CT molecular complexity index is 1560. The molecule has 35 heavy (non-hydrogen) atoms. The summed E-state index contributed by atoms with van der Waals surface area (Å²) in [5, 5.41) is 5.01.